The van der Waals surface area contributed by atoms with Crippen molar-refractivity contribution in [3.05, 3.63) is 30.3 Å². The van der Waals surface area contributed by atoms with Crippen molar-refractivity contribution < 1.29 is 9.53 Å². The maximum atomic E-state index is 10.8. The fourth-order valence-corrected chi connectivity index (χ4v) is 2.03. The number of benzene rings is 1. The van der Waals surface area contributed by atoms with Crippen LogP contribution in [0, 0.1) is 5.92 Å². The summed E-state index contributed by atoms with van der Waals surface area (Å²) in [6.07, 6.45) is 1.86. The average molecular weight is 233 g/mol. The van der Waals surface area contributed by atoms with Crippen molar-refractivity contribution in [2.24, 2.45) is 5.92 Å². The summed E-state index contributed by atoms with van der Waals surface area (Å²) in [5, 5.41) is 0. The molecular formula is C13H17N2O2. The average Bonchev–Trinajstić information content (AvgIpc) is 2.38. The van der Waals surface area contributed by atoms with E-state index < -0.39 is 6.03 Å². The van der Waals surface area contributed by atoms with Gasteiger partial charge in [0.2, 0.25) is 0 Å². The molecule has 0 bridgehead atoms. The zero-order valence-electron chi connectivity index (χ0n) is 9.76. The van der Waals surface area contributed by atoms with Gasteiger partial charge >= 0.3 is 6.03 Å². The molecule has 0 spiro atoms. The van der Waals surface area contributed by atoms with E-state index in [9.17, 15) is 4.79 Å². The Kier molecular flexibility index (Phi) is 3.85. The van der Waals surface area contributed by atoms with Crippen molar-refractivity contribution >= 4 is 6.03 Å². The van der Waals surface area contributed by atoms with Gasteiger partial charge in [-0.2, -0.15) is 0 Å². The minimum Gasteiger partial charge on any atom is -0.493 e. The predicted molar refractivity (Wildman–Crippen MR) is 64.7 cm³/mol. The summed E-state index contributed by atoms with van der Waals surface area (Å²) < 4.78 is 5.69. The highest BCUT2D eigenvalue weighted by Gasteiger charge is 2.21. The molecule has 1 radical (unpaired) electrons. The van der Waals surface area contributed by atoms with Crippen LogP contribution in [0.3, 0.4) is 0 Å². The summed E-state index contributed by atoms with van der Waals surface area (Å²) in [7, 11) is 0. The molecule has 0 unspecified atom stereocenters. The van der Waals surface area contributed by atoms with E-state index in [0.29, 0.717) is 25.6 Å². The first-order valence-corrected chi connectivity index (χ1v) is 5.94. The molecule has 0 saturated carbocycles. The Labute approximate surface area is 101 Å². The molecule has 0 aliphatic carbocycles. The van der Waals surface area contributed by atoms with Crippen LogP contribution in [0.1, 0.15) is 12.8 Å². The molecule has 1 N–H and O–H groups in total. The molecule has 1 aliphatic rings. The lowest BCUT2D eigenvalue weighted by Crippen LogP contribution is -2.39. The lowest BCUT2D eigenvalue weighted by molar-refractivity contribution is 0.149. The fraction of sp³-hybridized carbons (Fsp3) is 0.462. The van der Waals surface area contributed by atoms with Crippen LogP contribution in [0.2, 0.25) is 0 Å². The van der Waals surface area contributed by atoms with Crippen molar-refractivity contribution in [1.82, 2.24) is 10.6 Å². The Morgan fingerprint density at radius 2 is 1.94 bits per heavy atom. The summed E-state index contributed by atoms with van der Waals surface area (Å²) in [4.78, 5) is 12.4. The van der Waals surface area contributed by atoms with E-state index in [1.807, 2.05) is 30.3 Å². The predicted octanol–water partition coefficient (Wildman–Crippen LogP) is 2.18. The molecule has 1 aliphatic heterocycles. The number of para-hydroxylation sites is 1. The number of urea groups is 1. The van der Waals surface area contributed by atoms with Crippen molar-refractivity contribution in [3.63, 3.8) is 0 Å². The Hall–Kier alpha value is -1.71. The summed E-state index contributed by atoms with van der Waals surface area (Å²) >= 11 is 0. The third kappa shape index (κ3) is 3.37. The molecule has 1 aromatic rings. The summed E-state index contributed by atoms with van der Waals surface area (Å²) in [6, 6.07) is 9.20. The van der Waals surface area contributed by atoms with Gasteiger partial charge in [0.25, 0.3) is 0 Å². The third-order valence-electron chi connectivity index (χ3n) is 3.13. The van der Waals surface area contributed by atoms with E-state index in [2.05, 4.69) is 0 Å². The smallest absolute Gasteiger partial charge is 0.336 e. The zero-order valence-corrected chi connectivity index (χ0v) is 9.76. The number of piperidine rings is 1. The molecule has 2 rings (SSSR count). The van der Waals surface area contributed by atoms with Crippen LogP contribution >= 0.6 is 0 Å². The van der Waals surface area contributed by atoms with Gasteiger partial charge in [-0.05, 0) is 30.9 Å². The molecule has 4 nitrogen and oxygen atoms in total. The summed E-state index contributed by atoms with van der Waals surface area (Å²) in [5.74, 6) is 1.39. The van der Waals surface area contributed by atoms with Gasteiger partial charge in [-0.3, -0.25) is 0 Å². The molecular weight excluding hydrogens is 216 g/mol. The van der Waals surface area contributed by atoms with Crippen molar-refractivity contribution in [3.8, 4) is 5.75 Å². The molecule has 2 amide bonds. The molecule has 0 aromatic heterocycles. The van der Waals surface area contributed by atoms with Gasteiger partial charge < -0.3 is 9.64 Å². The quantitative estimate of drug-likeness (QED) is 0.803. The first-order valence-electron chi connectivity index (χ1n) is 5.94. The highest BCUT2D eigenvalue weighted by atomic mass is 16.5. The molecule has 1 fully saturated rings. The van der Waals surface area contributed by atoms with E-state index in [-0.39, 0.29) is 0 Å². The Balaban J connectivity index is 1.74. The molecule has 1 saturated heterocycles. The van der Waals surface area contributed by atoms with E-state index in [1.54, 1.807) is 4.90 Å². The highest BCUT2D eigenvalue weighted by Crippen LogP contribution is 2.19. The van der Waals surface area contributed by atoms with Crippen LogP contribution in [0.25, 0.3) is 0 Å². The van der Waals surface area contributed by atoms with Crippen LogP contribution < -0.4 is 10.5 Å². The van der Waals surface area contributed by atoms with Crippen molar-refractivity contribution in [2.45, 2.75) is 12.8 Å². The molecule has 1 aromatic carbocycles. The van der Waals surface area contributed by atoms with E-state index in [4.69, 9.17) is 10.5 Å². The number of nitrogens with zero attached hydrogens (tertiary/aromatic N) is 1. The number of rotatable bonds is 3. The number of nitrogens with one attached hydrogen (secondary N) is 1. The maximum Gasteiger partial charge on any atom is 0.336 e. The topological polar surface area (TPSA) is 53.3 Å². The number of ether oxygens (including phenoxy) is 1. The number of hydrogen-bond acceptors (Lipinski definition) is 2. The molecule has 17 heavy (non-hydrogen) atoms. The zero-order chi connectivity index (χ0) is 12.1. The highest BCUT2D eigenvalue weighted by molar-refractivity contribution is 5.71. The maximum absolute atomic E-state index is 10.8. The molecule has 0 atom stereocenters. The van der Waals surface area contributed by atoms with Gasteiger partial charge in [-0.25, -0.2) is 10.5 Å². The minimum absolute atomic E-state index is 0.491. The van der Waals surface area contributed by atoms with Gasteiger partial charge in [0, 0.05) is 13.1 Å². The second-order valence-electron chi connectivity index (χ2n) is 4.36. The van der Waals surface area contributed by atoms with Gasteiger partial charge in [-0.15, -0.1) is 0 Å². The molecule has 1 heterocycles. The Morgan fingerprint density at radius 3 is 2.53 bits per heavy atom. The minimum atomic E-state index is -0.563. The van der Waals surface area contributed by atoms with Crippen LogP contribution in [0.4, 0.5) is 4.79 Å². The summed E-state index contributed by atoms with van der Waals surface area (Å²) in [6.45, 7) is 2.07. The SMILES string of the molecule is [NH]C(=O)N1CCC(COc2ccccc2)CC1. The summed E-state index contributed by atoms with van der Waals surface area (Å²) in [5.41, 5.74) is 7.03. The lowest BCUT2D eigenvalue weighted by Gasteiger charge is -2.30. The van der Waals surface area contributed by atoms with Crippen LogP contribution in [-0.2, 0) is 0 Å². The second kappa shape index (κ2) is 5.57. The monoisotopic (exact) mass is 233 g/mol. The van der Waals surface area contributed by atoms with E-state index in [0.717, 1.165) is 18.6 Å². The number of likely N-dealkylation sites (tertiary alicyclic amines) is 1. The van der Waals surface area contributed by atoms with Crippen LogP contribution in [0.5, 0.6) is 5.75 Å². The van der Waals surface area contributed by atoms with Gasteiger partial charge in [0.1, 0.15) is 5.75 Å². The fourth-order valence-electron chi connectivity index (χ4n) is 2.03. The van der Waals surface area contributed by atoms with Crippen molar-refractivity contribution in [1.29, 1.82) is 0 Å². The third-order valence-corrected chi connectivity index (χ3v) is 3.13. The number of amides is 2. The van der Waals surface area contributed by atoms with Gasteiger partial charge in [0.15, 0.2) is 0 Å². The first-order chi connectivity index (χ1) is 8.25. The standard InChI is InChI=1S/C13H17N2O2/c14-13(16)15-8-6-11(7-9-15)10-17-12-4-2-1-3-5-12/h1-5,11,14H,6-10H2. The number of carbonyl (C=O) groups excluding carboxylic acids is 1. The van der Waals surface area contributed by atoms with Crippen molar-refractivity contribution in [2.75, 3.05) is 19.7 Å². The van der Waals surface area contributed by atoms with Crippen LogP contribution in [-0.4, -0.2) is 30.6 Å². The first kappa shape index (κ1) is 11.8. The normalized spacial score (nSPS) is 16.8. The number of carbonyl (C=O) groups is 1. The van der Waals surface area contributed by atoms with E-state index >= 15 is 0 Å². The second-order valence-corrected chi connectivity index (χ2v) is 4.36. The lowest BCUT2D eigenvalue weighted by atomic mass is 9.98. The van der Waals surface area contributed by atoms with E-state index in [1.165, 1.54) is 0 Å². The molecule has 91 valence electrons. The Morgan fingerprint density at radius 1 is 1.29 bits per heavy atom. The van der Waals surface area contributed by atoms with Gasteiger partial charge in [0.05, 0.1) is 6.61 Å². The van der Waals surface area contributed by atoms with Crippen LogP contribution in [0.15, 0.2) is 30.3 Å². The molecule has 4 heteroatoms. The largest absolute Gasteiger partial charge is 0.493 e. The number of hydrogen-bond donors (Lipinski definition) is 0. The Bertz CT molecular complexity index is 359. The van der Waals surface area contributed by atoms with Gasteiger partial charge in [-0.1, -0.05) is 18.2 Å².